The summed E-state index contributed by atoms with van der Waals surface area (Å²) in [5.41, 5.74) is 5.23. The van der Waals surface area contributed by atoms with Crippen LogP contribution >= 0.6 is 0 Å². The minimum atomic E-state index is 0.0639. The SMILES string of the molecule is COc1ccccc1N1CC[C@H](CNC(=O)Cc2c(C)nc3ccccc3c2C)C1. The molecule has 0 aliphatic carbocycles. The number of benzene rings is 2. The first-order valence-electron chi connectivity index (χ1n) is 10.6. The minimum absolute atomic E-state index is 0.0639. The van der Waals surface area contributed by atoms with Crippen molar-refractivity contribution < 1.29 is 9.53 Å². The lowest BCUT2D eigenvalue weighted by molar-refractivity contribution is -0.120. The van der Waals surface area contributed by atoms with Crippen molar-refractivity contribution in [3.8, 4) is 5.75 Å². The molecule has 1 N–H and O–H groups in total. The van der Waals surface area contributed by atoms with E-state index in [-0.39, 0.29) is 5.91 Å². The smallest absolute Gasteiger partial charge is 0.224 e. The normalized spacial score (nSPS) is 16.1. The van der Waals surface area contributed by atoms with E-state index < -0.39 is 0 Å². The maximum absolute atomic E-state index is 12.7. The largest absolute Gasteiger partial charge is 0.495 e. The highest BCUT2D eigenvalue weighted by atomic mass is 16.5. The first-order chi connectivity index (χ1) is 14.6. The predicted molar refractivity (Wildman–Crippen MR) is 121 cm³/mol. The fraction of sp³-hybridized carbons (Fsp3) is 0.360. The molecule has 0 unspecified atom stereocenters. The van der Waals surface area contributed by atoms with E-state index in [0.29, 0.717) is 18.9 Å². The van der Waals surface area contributed by atoms with Gasteiger partial charge in [-0.25, -0.2) is 0 Å². The van der Waals surface area contributed by atoms with E-state index in [1.165, 1.54) is 0 Å². The lowest BCUT2D eigenvalue weighted by atomic mass is 9.99. The summed E-state index contributed by atoms with van der Waals surface area (Å²) in [6.07, 6.45) is 1.44. The van der Waals surface area contributed by atoms with Gasteiger partial charge in [0.1, 0.15) is 5.75 Å². The summed E-state index contributed by atoms with van der Waals surface area (Å²) in [5, 5.41) is 4.27. The molecule has 1 aromatic heterocycles. The van der Waals surface area contributed by atoms with Crippen LogP contribution in [0.5, 0.6) is 5.75 Å². The summed E-state index contributed by atoms with van der Waals surface area (Å²) < 4.78 is 5.49. The Hall–Kier alpha value is -3.08. The van der Waals surface area contributed by atoms with Crippen LogP contribution in [0.4, 0.5) is 5.69 Å². The maximum atomic E-state index is 12.7. The first kappa shape index (κ1) is 20.2. The summed E-state index contributed by atoms with van der Waals surface area (Å²) in [5.74, 6) is 1.40. The molecule has 1 saturated heterocycles. The second-order valence-corrected chi connectivity index (χ2v) is 8.07. The number of hydrogen-bond acceptors (Lipinski definition) is 4. The van der Waals surface area contributed by atoms with Gasteiger partial charge >= 0.3 is 0 Å². The lowest BCUT2D eigenvalue weighted by Crippen LogP contribution is -2.32. The molecule has 1 aliphatic rings. The Labute approximate surface area is 178 Å². The quantitative estimate of drug-likeness (QED) is 0.675. The van der Waals surface area contributed by atoms with E-state index in [0.717, 1.165) is 58.7 Å². The standard InChI is InChI=1S/C25H29N3O2/c1-17-20-8-4-5-9-22(20)27-18(2)21(17)14-25(29)26-15-19-12-13-28(16-19)23-10-6-7-11-24(23)30-3/h4-11,19H,12-16H2,1-3H3,(H,26,29)/t19-/m1/s1. The van der Waals surface area contributed by atoms with Crippen LogP contribution in [0.2, 0.25) is 0 Å². The number of nitrogens with zero attached hydrogens (tertiary/aromatic N) is 2. The number of carbonyl (C=O) groups is 1. The summed E-state index contributed by atoms with van der Waals surface area (Å²) in [6, 6.07) is 16.2. The van der Waals surface area contributed by atoms with Gasteiger partial charge in [0.2, 0.25) is 5.91 Å². The average Bonchev–Trinajstić information content (AvgIpc) is 3.24. The second-order valence-electron chi connectivity index (χ2n) is 8.07. The van der Waals surface area contributed by atoms with Crippen LogP contribution in [0.3, 0.4) is 0 Å². The van der Waals surface area contributed by atoms with Crippen LogP contribution in [0, 0.1) is 19.8 Å². The molecule has 1 amide bonds. The number of fused-ring (bicyclic) bond motifs is 1. The van der Waals surface area contributed by atoms with E-state index in [1.807, 2.05) is 43.3 Å². The van der Waals surface area contributed by atoms with Gasteiger partial charge in [0, 0.05) is 30.7 Å². The summed E-state index contributed by atoms with van der Waals surface area (Å²) in [7, 11) is 1.71. The number of para-hydroxylation sites is 3. The third-order valence-electron chi connectivity index (χ3n) is 6.12. The minimum Gasteiger partial charge on any atom is -0.495 e. The maximum Gasteiger partial charge on any atom is 0.224 e. The van der Waals surface area contributed by atoms with Crippen molar-refractivity contribution in [1.82, 2.24) is 10.3 Å². The number of hydrogen-bond donors (Lipinski definition) is 1. The summed E-state index contributed by atoms with van der Waals surface area (Å²) >= 11 is 0. The molecular formula is C25H29N3O2. The van der Waals surface area contributed by atoms with Crippen LogP contribution in [0.15, 0.2) is 48.5 Å². The van der Waals surface area contributed by atoms with Gasteiger partial charge in [-0.1, -0.05) is 30.3 Å². The average molecular weight is 404 g/mol. The third kappa shape index (κ3) is 4.11. The Bertz CT molecular complexity index is 1060. The molecule has 156 valence electrons. The Morgan fingerprint density at radius 3 is 2.77 bits per heavy atom. The van der Waals surface area contributed by atoms with Crippen molar-refractivity contribution >= 4 is 22.5 Å². The molecule has 1 fully saturated rings. The van der Waals surface area contributed by atoms with E-state index in [2.05, 4.69) is 34.3 Å². The van der Waals surface area contributed by atoms with Crippen molar-refractivity contribution in [3.05, 3.63) is 65.4 Å². The highest BCUT2D eigenvalue weighted by molar-refractivity contribution is 5.86. The molecule has 4 rings (SSSR count). The van der Waals surface area contributed by atoms with E-state index in [4.69, 9.17) is 4.74 Å². The van der Waals surface area contributed by atoms with Gasteiger partial charge in [0.05, 0.1) is 24.7 Å². The van der Waals surface area contributed by atoms with Crippen molar-refractivity contribution in [2.24, 2.45) is 5.92 Å². The zero-order valence-electron chi connectivity index (χ0n) is 17.9. The number of amides is 1. The highest BCUT2D eigenvalue weighted by Crippen LogP contribution is 2.31. The van der Waals surface area contributed by atoms with Gasteiger partial charge in [-0.15, -0.1) is 0 Å². The molecular weight excluding hydrogens is 374 g/mol. The molecule has 0 saturated carbocycles. The fourth-order valence-corrected chi connectivity index (χ4v) is 4.42. The van der Waals surface area contributed by atoms with Gasteiger partial charge in [0.25, 0.3) is 0 Å². The number of pyridine rings is 1. The molecule has 5 nitrogen and oxygen atoms in total. The molecule has 1 aliphatic heterocycles. The Balaban J connectivity index is 1.36. The number of aromatic nitrogens is 1. The Kier molecular flexibility index (Phi) is 5.88. The van der Waals surface area contributed by atoms with E-state index >= 15 is 0 Å². The number of methoxy groups -OCH3 is 1. The van der Waals surface area contributed by atoms with Crippen LogP contribution < -0.4 is 15.0 Å². The molecule has 0 spiro atoms. The monoisotopic (exact) mass is 403 g/mol. The molecule has 2 heterocycles. The van der Waals surface area contributed by atoms with Gasteiger partial charge in [-0.05, 0) is 55.5 Å². The van der Waals surface area contributed by atoms with Crippen molar-refractivity contribution in [1.29, 1.82) is 0 Å². The molecule has 0 radical (unpaired) electrons. The highest BCUT2D eigenvalue weighted by Gasteiger charge is 2.25. The summed E-state index contributed by atoms with van der Waals surface area (Å²) in [4.78, 5) is 19.7. The number of aryl methyl sites for hydroxylation is 2. The number of anilines is 1. The molecule has 1 atom stereocenters. The van der Waals surface area contributed by atoms with Gasteiger partial charge in [-0.3, -0.25) is 9.78 Å². The molecule has 3 aromatic rings. The van der Waals surface area contributed by atoms with Crippen molar-refractivity contribution in [3.63, 3.8) is 0 Å². The number of rotatable bonds is 6. The van der Waals surface area contributed by atoms with Crippen LogP contribution in [0.25, 0.3) is 10.9 Å². The third-order valence-corrected chi connectivity index (χ3v) is 6.12. The topological polar surface area (TPSA) is 54.5 Å². The van der Waals surface area contributed by atoms with Gasteiger partial charge in [-0.2, -0.15) is 0 Å². The molecule has 5 heteroatoms. The second kappa shape index (κ2) is 8.74. The first-order valence-corrected chi connectivity index (χ1v) is 10.6. The Morgan fingerprint density at radius 2 is 1.93 bits per heavy atom. The predicted octanol–water partition coefficient (Wildman–Crippen LogP) is 4.05. The zero-order valence-corrected chi connectivity index (χ0v) is 17.9. The van der Waals surface area contributed by atoms with Gasteiger partial charge in [0.15, 0.2) is 0 Å². The number of ether oxygens (including phenoxy) is 1. The van der Waals surface area contributed by atoms with Crippen LogP contribution in [-0.2, 0) is 11.2 Å². The summed E-state index contributed by atoms with van der Waals surface area (Å²) in [6.45, 7) is 6.68. The molecule has 2 aromatic carbocycles. The van der Waals surface area contributed by atoms with Crippen molar-refractivity contribution in [2.45, 2.75) is 26.7 Å². The Morgan fingerprint density at radius 1 is 1.17 bits per heavy atom. The van der Waals surface area contributed by atoms with E-state index in [1.54, 1.807) is 7.11 Å². The number of nitrogens with one attached hydrogen (secondary N) is 1. The van der Waals surface area contributed by atoms with Crippen molar-refractivity contribution in [2.75, 3.05) is 31.6 Å². The molecule has 30 heavy (non-hydrogen) atoms. The van der Waals surface area contributed by atoms with Gasteiger partial charge < -0.3 is 15.0 Å². The fourth-order valence-electron chi connectivity index (χ4n) is 4.42. The molecule has 0 bridgehead atoms. The van der Waals surface area contributed by atoms with Crippen LogP contribution in [0.1, 0.15) is 23.2 Å². The van der Waals surface area contributed by atoms with Crippen LogP contribution in [-0.4, -0.2) is 37.6 Å². The number of carbonyl (C=O) groups excluding carboxylic acids is 1. The van der Waals surface area contributed by atoms with E-state index in [9.17, 15) is 4.79 Å². The zero-order chi connectivity index (χ0) is 21.1. The lowest BCUT2D eigenvalue weighted by Gasteiger charge is -2.21.